The van der Waals surface area contributed by atoms with Crippen LogP contribution in [-0.4, -0.2) is 27.6 Å². The number of carbonyl (C=O) groups is 1. The Morgan fingerprint density at radius 2 is 2.00 bits per heavy atom. The molecule has 0 spiro atoms. The third-order valence-corrected chi connectivity index (χ3v) is 3.34. The van der Waals surface area contributed by atoms with Gasteiger partial charge >= 0.3 is 0 Å². The van der Waals surface area contributed by atoms with Gasteiger partial charge in [-0.3, -0.25) is 4.79 Å². The molecule has 0 aromatic heterocycles. The summed E-state index contributed by atoms with van der Waals surface area (Å²) in [4.78, 5) is 13.7. The van der Waals surface area contributed by atoms with Crippen LogP contribution in [0.1, 0.15) is 32.3 Å². The number of amides is 1. The predicted octanol–water partition coefficient (Wildman–Crippen LogP) is 1.95. The van der Waals surface area contributed by atoms with Gasteiger partial charge in [-0.2, -0.15) is 0 Å². The molecule has 0 radical (unpaired) electrons. The molecular weight excluding hydrogens is 214 g/mol. The van der Waals surface area contributed by atoms with Crippen LogP contribution < -0.4 is 0 Å². The van der Waals surface area contributed by atoms with Gasteiger partial charge in [0.15, 0.2) is 0 Å². The number of likely N-dealkylation sites (tertiary alicyclic amines) is 1. The van der Waals surface area contributed by atoms with Crippen molar-refractivity contribution in [3.8, 4) is 0 Å². The summed E-state index contributed by atoms with van der Waals surface area (Å²) >= 11 is 0. The molecule has 3 nitrogen and oxygen atoms in total. The summed E-state index contributed by atoms with van der Waals surface area (Å²) < 4.78 is 0. The minimum Gasteiger partial charge on any atom is -0.388 e. The summed E-state index contributed by atoms with van der Waals surface area (Å²) in [5.41, 5.74) is 0.276. The fraction of sp³-hybridized carbons (Fsp3) is 0.500. The second kappa shape index (κ2) is 4.49. The molecule has 1 amide bonds. The molecule has 1 heterocycles. The summed E-state index contributed by atoms with van der Waals surface area (Å²) in [7, 11) is 0. The average Bonchev–Trinajstić information content (AvgIpc) is 2.62. The molecule has 1 aliphatic rings. The van der Waals surface area contributed by atoms with Gasteiger partial charge in [0.25, 0.3) is 0 Å². The number of hydrogen-bond acceptors (Lipinski definition) is 2. The Morgan fingerprint density at radius 1 is 1.35 bits per heavy atom. The van der Waals surface area contributed by atoms with Crippen LogP contribution in [0.4, 0.5) is 0 Å². The molecule has 1 N–H and O–H groups in total. The number of aliphatic hydroxyl groups is 1. The first-order chi connectivity index (χ1) is 7.98. The number of rotatable bonds is 3. The van der Waals surface area contributed by atoms with Crippen LogP contribution in [0, 0.1) is 0 Å². The lowest BCUT2D eigenvalue weighted by Gasteiger charge is -2.33. The van der Waals surface area contributed by atoms with Crippen molar-refractivity contribution in [2.75, 3.05) is 0 Å². The molecule has 17 heavy (non-hydrogen) atoms. The van der Waals surface area contributed by atoms with Crippen molar-refractivity contribution >= 4 is 5.91 Å². The smallest absolute Gasteiger partial charge is 0.223 e. The lowest BCUT2D eigenvalue weighted by molar-refractivity contribution is -0.133. The van der Waals surface area contributed by atoms with Gasteiger partial charge in [-0.1, -0.05) is 30.3 Å². The van der Waals surface area contributed by atoms with Crippen LogP contribution >= 0.6 is 0 Å². The molecule has 1 aromatic carbocycles. The van der Waals surface area contributed by atoms with Crippen LogP contribution in [0.3, 0.4) is 0 Å². The SMILES string of the molecule is CC(C)(O)[C@@H]1CCC(=O)N1Cc1ccccc1. The number of carbonyl (C=O) groups excluding carboxylic acids is 1. The number of benzene rings is 1. The highest BCUT2D eigenvalue weighted by molar-refractivity contribution is 5.79. The van der Waals surface area contributed by atoms with E-state index >= 15 is 0 Å². The molecule has 92 valence electrons. The Kier molecular flexibility index (Phi) is 3.20. The molecule has 0 bridgehead atoms. The van der Waals surface area contributed by atoms with Gasteiger partial charge in [0.05, 0.1) is 11.6 Å². The molecule has 1 fully saturated rings. The van der Waals surface area contributed by atoms with Gasteiger partial charge in [-0.15, -0.1) is 0 Å². The van der Waals surface area contributed by atoms with E-state index in [1.807, 2.05) is 30.3 Å². The molecule has 3 heteroatoms. The van der Waals surface area contributed by atoms with Crippen molar-refractivity contribution in [1.82, 2.24) is 4.90 Å². The molecule has 0 aliphatic carbocycles. The molecule has 0 unspecified atom stereocenters. The number of nitrogens with zero attached hydrogens (tertiary/aromatic N) is 1. The first-order valence-corrected chi connectivity index (χ1v) is 6.04. The van der Waals surface area contributed by atoms with E-state index in [-0.39, 0.29) is 11.9 Å². The number of hydrogen-bond donors (Lipinski definition) is 1. The maximum absolute atomic E-state index is 11.9. The molecule has 1 saturated heterocycles. The van der Waals surface area contributed by atoms with Crippen LogP contribution in [-0.2, 0) is 11.3 Å². The Balaban J connectivity index is 2.15. The minimum absolute atomic E-state index is 0.0739. The fourth-order valence-corrected chi connectivity index (χ4v) is 2.45. The first kappa shape index (κ1) is 12.1. The average molecular weight is 233 g/mol. The van der Waals surface area contributed by atoms with Crippen LogP contribution in [0.2, 0.25) is 0 Å². The summed E-state index contributed by atoms with van der Waals surface area (Å²) in [5, 5.41) is 10.1. The molecule has 1 atom stereocenters. The van der Waals surface area contributed by atoms with E-state index in [1.54, 1.807) is 18.7 Å². The van der Waals surface area contributed by atoms with Crippen LogP contribution in [0.15, 0.2) is 30.3 Å². The molecule has 2 rings (SSSR count). The molecule has 0 saturated carbocycles. The van der Waals surface area contributed by atoms with Crippen LogP contribution in [0.25, 0.3) is 0 Å². The maximum atomic E-state index is 11.9. The summed E-state index contributed by atoms with van der Waals surface area (Å²) in [6, 6.07) is 9.84. The lowest BCUT2D eigenvalue weighted by atomic mass is 9.96. The van der Waals surface area contributed by atoms with Crippen molar-refractivity contribution in [3.05, 3.63) is 35.9 Å². The zero-order chi connectivity index (χ0) is 12.5. The summed E-state index contributed by atoms with van der Waals surface area (Å²) in [6.45, 7) is 4.14. The van der Waals surface area contributed by atoms with Crippen molar-refractivity contribution in [2.45, 2.75) is 44.9 Å². The molecule has 1 aliphatic heterocycles. The highest BCUT2D eigenvalue weighted by Gasteiger charge is 2.39. The Morgan fingerprint density at radius 3 is 2.59 bits per heavy atom. The predicted molar refractivity (Wildman–Crippen MR) is 66.3 cm³/mol. The van der Waals surface area contributed by atoms with Gasteiger partial charge in [0, 0.05) is 13.0 Å². The van der Waals surface area contributed by atoms with E-state index in [0.717, 1.165) is 12.0 Å². The highest BCUT2D eigenvalue weighted by atomic mass is 16.3. The van der Waals surface area contributed by atoms with Gasteiger partial charge in [0.2, 0.25) is 5.91 Å². The van der Waals surface area contributed by atoms with Gasteiger partial charge < -0.3 is 10.0 Å². The quantitative estimate of drug-likeness (QED) is 0.867. The summed E-state index contributed by atoms with van der Waals surface area (Å²) in [6.07, 6.45) is 1.29. The fourth-order valence-electron chi connectivity index (χ4n) is 2.45. The monoisotopic (exact) mass is 233 g/mol. The Hall–Kier alpha value is -1.35. The standard InChI is InChI=1S/C14H19NO2/c1-14(2,17)12-8-9-13(16)15(12)10-11-6-4-3-5-7-11/h3-7,12,17H,8-10H2,1-2H3/t12-/m0/s1. The topological polar surface area (TPSA) is 40.5 Å². The van der Waals surface area contributed by atoms with Crippen molar-refractivity contribution in [1.29, 1.82) is 0 Å². The van der Waals surface area contributed by atoms with Crippen molar-refractivity contribution in [2.24, 2.45) is 0 Å². The molecule has 1 aromatic rings. The Labute approximate surface area is 102 Å². The zero-order valence-corrected chi connectivity index (χ0v) is 10.4. The van der Waals surface area contributed by atoms with E-state index in [4.69, 9.17) is 0 Å². The third kappa shape index (κ3) is 2.67. The van der Waals surface area contributed by atoms with Gasteiger partial charge in [-0.05, 0) is 25.8 Å². The third-order valence-electron chi connectivity index (χ3n) is 3.34. The lowest BCUT2D eigenvalue weighted by Crippen LogP contribution is -2.46. The van der Waals surface area contributed by atoms with E-state index in [0.29, 0.717) is 13.0 Å². The normalized spacial score (nSPS) is 21.0. The van der Waals surface area contributed by atoms with Crippen LogP contribution in [0.5, 0.6) is 0 Å². The first-order valence-electron chi connectivity index (χ1n) is 6.04. The van der Waals surface area contributed by atoms with Gasteiger partial charge in [-0.25, -0.2) is 0 Å². The second-order valence-electron chi connectivity index (χ2n) is 5.22. The maximum Gasteiger partial charge on any atom is 0.223 e. The Bertz CT molecular complexity index is 394. The van der Waals surface area contributed by atoms with E-state index in [2.05, 4.69) is 0 Å². The summed E-state index contributed by atoms with van der Waals surface area (Å²) in [5.74, 6) is 0.140. The largest absolute Gasteiger partial charge is 0.388 e. The van der Waals surface area contributed by atoms with Gasteiger partial charge in [0.1, 0.15) is 0 Å². The minimum atomic E-state index is -0.832. The zero-order valence-electron chi connectivity index (χ0n) is 10.4. The van der Waals surface area contributed by atoms with E-state index in [9.17, 15) is 9.90 Å². The highest BCUT2D eigenvalue weighted by Crippen LogP contribution is 2.29. The molecular formula is C14H19NO2. The van der Waals surface area contributed by atoms with E-state index < -0.39 is 5.60 Å². The second-order valence-corrected chi connectivity index (χ2v) is 5.22. The van der Waals surface area contributed by atoms with Crippen molar-refractivity contribution in [3.63, 3.8) is 0 Å². The van der Waals surface area contributed by atoms with Crippen molar-refractivity contribution < 1.29 is 9.90 Å². The van der Waals surface area contributed by atoms with E-state index in [1.165, 1.54) is 0 Å².